The first-order chi connectivity index (χ1) is 7.90. The second-order valence-electron chi connectivity index (χ2n) is 6.15. The van der Waals surface area contributed by atoms with E-state index in [-0.39, 0.29) is 34.0 Å². The maximum Gasteiger partial charge on any atom is -0.00161 e. The van der Waals surface area contributed by atoms with Crippen LogP contribution in [0.1, 0.15) is 38.5 Å². The van der Waals surface area contributed by atoms with E-state index in [2.05, 4.69) is 9.80 Å². The summed E-state index contributed by atoms with van der Waals surface area (Å²) < 4.78 is 0. The maximum absolute atomic E-state index is 2.58. The molecule has 4 bridgehead atoms. The lowest BCUT2D eigenvalue weighted by Gasteiger charge is -2.38. The van der Waals surface area contributed by atoms with E-state index >= 15 is 0 Å². The zero-order chi connectivity index (χ0) is 10.8. The molecule has 0 unspecified atom stereocenters. The van der Waals surface area contributed by atoms with Crippen LogP contribution in [-0.4, -0.2) is 49.1 Å². The highest BCUT2D eigenvalue weighted by molar-refractivity contribution is 8.93. The molecule has 0 aliphatic carbocycles. The van der Waals surface area contributed by atoms with E-state index in [1.54, 1.807) is 0 Å². The number of halogens is 2. The van der Waals surface area contributed by atoms with Crippen molar-refractivity contribution in [1.82, 2.24) is 9.80 Å². The Balaban J connectivity index is 0.000000162. The van der Waals surface area contributed by atoms with Crippen molar-refractivity contribution in [2.24, 2.45) is 11.8 Å². The first-order valence-corrected chi connectivity index (χ1v) is 7.35. The van der Waals surface area contributed by atoms with Gasteiger partial charge in [0.1, 0.15) is 0 Å². The Morgan fingerprint density at radius 2 is 0.667 bits per heavy atom. The van der Waals surface area contributed by atoms with Crippen LogP contribution in [0.15, 0.2) is 0 Å². The number of hydrogen-bond acceptors (Lipinski definition) is 2. The van der Waals surface area contributed by atoms with E-state index in [0.717, 1.165) is 11.8 Å². The summed E-state index contributed by atoms with van der Waals surface area (Å²) >= 11 is 0. The number of piperidine rings is 6. The number of rotatable bonds is 0. The molecule has 6 saturated heterocycles. The molecular formula is C14H28Br2N2. The Morgan fingerprint density at radius 3 is 0.722 bits per heavy atom. The van der Waals surface area contributed by atoms with E-state index in [4.69, 9.17) is 0 Å². The second kappa shape index (κ2) is 8.23. The predicted molar refractivity (Wildman–Crippen MR) is 88.2 cm³/mol. The summed E-state index contributed by atoms with van der Waals surface area (Å²) in [5.74, 6) is 2.22. The first-order valence-electron chi connectivity index (χ1n) is 7.35. The number of hydrogen-bond donors (Lipinski definition) is 0. The normalized spacial score (nSPS) is 40.0. The van der Waals surface area contributed by atoms with Gasteiger partial charge in [-0.3, -0.25) is 0 Å². The van der Waals surface area contributed by atoms with Gasteiger partial charge in [0.05, 0.1) is 0 Å². The average Bonchev–Trinajstić information content (AvgIpc) is 2.44. The minimum Gasteiger partial charge on any atom is -0.303 e. The van der Waals surface area contributed by atoms with Crippen LogP contribution in [0.5, 0.6) is 0 Å². The van der Waals surface area contributed by atoms with Crippen LogP contribution < -0.4 is 0 Å². The third-order valence-electron chi connectivity index (χ3n) is 5.12. The van der Waals surface area contributed by atoms with Crippen LogP contribution in [-0.2, 0) is 0 Å². The van der Waals surface area contributed by atoms with Crippen molar-refractivity contribution < 1.29 is 0 Å². The molecule has 108 valence electrons. The van der Waals surface area contributed by atoms with Crippen LogP contribution in [0.3, 0.4) is 0 Å². The van der Waals surface area contributed by atoms with Crippen molar-refractivity contribution in [3.8, 4) is 0 Å². The van der Waals surface area contributed by atoms with Gasteiger partial charge in [-0.1, -0.05) is 0 Å². The summed E-state index contributed by atoms with van der Waals surface area (Å²) in [4.78, 5) is 5.17. The minimum atomic E-state index is 0. The molecule has 6 aliphatic heterocycles. The summed E-state index contributed by atoms with van der Waals surface area (Å²) in [6.45, 7) is 8.36. The molecule has 0 radical (unpaired) electrons. The highest BCUT2D eigenvalue weighted by Crippen LogP contribution is 2.26. The molecule has 0 N–H and O–H groups in total. The quantitative estimate of drug-likeness (QED) is 0.632. The Morgan fingerprint density at radius 1 is 0.444 bits per heavy atom. The summed E-state index contributed by atoms with van der Waals surface area (Å²) in [5, 5.41) is 0. The van der Waals surface area contributed by atoms with E-state index in [1.165, 1.54) is 77.8 Å². The molecule has 0 spiro atoms. The van der Waals surface area contributed by atoms with Crippen LogP contribution in [0.25, 0.3) is 0 Å². The van der Waals surface area contributed by atoms with Gasteiger partial charge in [-0.2, -0.15) is 0 Å². The Labute approximate surface area is 133 Å². The molecule has 4 heteroatoms. The van der Waals surface area contributed by atoms with Crippen molar-refractivity contribution in [1.29, 1.82) is 0 Å². The Hall–Kier alpha value is 0.880. The summed E-state index contributed by atoms with van der Waals surface area (Å²) in [7, 11) is 0. The largest absolute Gasteiger partial charge is 0.303 e. The van der Waals surface area contributed by atoms with E-state index in [0.29, 0.717) is 0 Å². The molecule has 6 fully saturated rings. The average molecular weight is 384 g/mol. The van der Waals surface area contributed by atoms with Crippen molar-refractivity contribution in [2.75, 3.05) is 39.3 Å². The molecule has 0 amide bonds. The third-order valence-corrected chi connectivity index (χ3v) is 5.12. The fourth-order valence-corrected chi connectivity index (χ4v) is 3.73. The molecule has 18 heavy (non-hydrogen) atoms. The van der Waals surface area contributed by atoms with E-state index in [1.807, 2.05) is 0 Å². The highest BCUT2D eigenvalue weighted by atomic mass is 79.9. The molecule has 0 aromatic carbocycles. The minimum absolute atomic E-state index is 0. The maximum atomic E-state index is 2.58. The lowest BCUT2D eigenvalue weighted by atomic mass is 9.89. The van der Waals surface area contributed by atoms with Gasteiger partial charge in [-0.25, -0.2) is 0 Å². The van der Waals surface area contributed by atoms with Gasteiger partial charge in [0, 0.05) is 0 Å². The van der Waals surface area contributed by atoms with Gasteiger partial charge in [0.15, 0.2) is 0 Å². The fraction of sp³-hybridized carbons (Fsp3) is 1.00. The second-order valence-corrected chi connectivity index (χ2v) is 6.15. The lowest BCUT2D eigenvalue weighted by molar-refractivity contribution is 0.111. The van der Waals surface area contributed by atoms with E-state index < -0.39 is 0 Å². The molecule has 0 atom stereocenters. The molecule has 6 aliphatic rings. The van der Waals surface area contributed by atoms with Crippen molar-refractivity contribution in [3.05, 3.63) is 0 Å². The monoisotopic (exact) mass is 382 g/mol. The highest BCUT2D eigenvalue weighted by Gasteiger charge is 2.25. The van der Waals surface area contributed by atoms with E-state index in [9.17, 15) is 0 Å². The first kappa shape index (κ1) is 16.9. The zero-order valence-electron chi connectivity index (χ0n) is 11.4. The zero-order valence-corrected chi connectivity index (χ0v) is 14.8. The standard InChI is InChI=1S/2C7H13N.2BrH/c2*1-4-8-5-2-7(1)3-6-8;;/h2*7H,1-6H2;2*1H. The summed E-state index contributed by atoms with van der Waals surface area (Å²) in [6, 6.07) is 0. The summed E-state index contributed by atoms with van der Waals surface area (Å²) in [6.07, 6.45) is 8.92. The van der Waals surface area contributed by atoms with Crippen LogP contribution in [0.4, 0.5) is 0 Å². The van der Waals surface area contributed by atoms with Crippen LogP contribution in [0, 0.1) is 11.8 Å². The molecule has 6 heterocycles. The Bertz CT molecular complexity index is 152. The summed E-state index contributed by atoms with van der Waals surface area (Å²) in [5.41, 5.74) is 0. The molecule has 0 aromatic heterocycles. The van der Waals surface area contributed by atoms with Gasteiger partial charge in [0.2, 0.25) is 0 Å². The van der Waals surface area contributed by atoms with Crippen molar-refractivity contribution >= 4 is 34.0 Å². The van der Waals surface area contributed by atoms with Gasteiger partial charge in [-0.15, -0.1) is 34.0 Å². The SMILES string of the molecule is Br.Br.C1CN2CCC1CC2.C1CN2CCC1CC2. The van der Waals surface area contributed by atoms with Gasteiger partial charge in [-0.05, 0) is 89.6 Å². The molecular weight excluding hydrogens is 356 g/mol. The lowest BCUT2D eigenvalue weighted by Crippen LogP contribution is -2.41. The predicted octanol–water partition coefficient (Wildman–Crippen LogP) is 3.36. The van der Waals surface area contributed by atoms with Crippen molar-refractivity contribution in [3.63, 3.8) is 0 Å². The number of fused-ring (bicyclic) bond motifs is 6. The van der Waals surface area contributed by atoms with Crippen molar-refractivity contribution in [2.45, 2.75) is 38.5 Å². The third kappa shape index (κ3) is 4.46. The van der Waals surface area contributed by atoms with Crippen LogP contribution >= 0.6 is 34.0 Å². The van der Waals surface area contributed by atoms with Crippen LogP contribution in [0.2, 0.25) is 0 Å². The molecule has 0 aromatic rings. The molecule has 2 nitrogen and oxygen atoms in total. The van der Waals surface area contributed by atoms with Gasteiger partial charge < -0.3 is 9.80 Å². The smallest absolute Gasteiger partial charge is 0.00161 e. The number of nitrogens with zero attached hydrogens (tertiary/aromatic N) is 2. The topological polar surface area (TPSA) is 6.48 Å². The Kier molecular flexibility index (Phi) is 7.74. The van der Waals surface area contributed by atoms with Gasteiger partial charge >= 0.3 is 0 Å². The molecule has 6 rings (SSSR count). The molecule has 0 saturated carbocycles. The fourth-order valence-electron chi connectivity index (χ4n) is 3.73. The van der Waals surface area contributed by atoms with Gasteiger partial charge in [0.25, 0.3) is 0 Å².